The highest BCUT2D eigenvalue weighted by molar-refractivity contribution is 7.89. The summed E-state index contributed by atoms with van der Waals surface area (Å²) in [6, 6.07) is 9.62. The van der Waals surface area contributed by atoms with E-state index in [0.29, 0.717) is 13.1 Å². The molecule has 2 heterocycles. The smallest absolute Gasteiger partial charge is 0.262 e. The van der Waals surface area contributed by atoms with Crippen LogP contribution < -0.4 is 0 Å². The van der Waals surface area contributed by atoms with Crippen molar-refractivity contribution in [2.24, 2.45) is 0 Å². The molecule has 23 heavy (non-hydrogen) atoms. The number of aromatic nitrogens is 1. The molecule has 124 valence electrons. The van der Waals surface area contributed by atoms with Crippen molar-refractivity contribution in [1.82, 2.24) is 14.2 Å². The highest BCUT2D eigenvalue weighted by Gasteiger charge is 2.32. The van der Waals surface area contributed by atoms with Crippen LogP contribution in [-0.4, -0.2) is 55.3 Å². The maximum atomic E-state index is 13.0. The van der Waals surface area contributed by atoms with Crippen LogP contribution in [0.2, 0.25) is 0 Å². The highest BCUT2D eigenvalue weighted by Crippen LogP contribution is 2.34. The van der Waals surface area contributed by atoms with E-state index in [1.807, 2.05) is 37.3 Å². The minimum absolute atomic E-state index is 0.205. The lowest BCUT2D eigenvalue weighted by atomic mass is 10.2. The van der Waals surface area contributed by atoms with Gasteiger partial charge in [0.15, 0.2) is 5.03 Å². The summed E-state index contributed by atoms with van der Waals surface area (Å²) >= 11 is 1.44. The lowest BCUT2D eigenvalue weighted by Crippen LogP contribution is -2.48. The van der Waals surface area contributed by atoms with Gasteiger partial charge in [0.25, 0.3) is 10.0 Å². The van der Waals surface area contributed by atoms with Crippen molar-refractivity contribution in [2.45, 2.75) is 18.9 Å². The number of likely N-dealkylation sites (N-methyl/N-ethyl adjacent to an activating group) is 1. The Morgan fingerprint density at radius 2 is 1.78 bits per heavy atom. The van der Waals surface area contributed by atoms with Gasteiger partial charge in [-0.15, -0.1) is 11.3 Å². The molecule has 1 aliphatic rings. The third kappa shape index (κ3) is 3.33. The van der Waals surface area contributed by atoms with Crippen LogP contribution in [0, 0.1) is 6.92 Å². The Bertz CT molecular complexity index is 764. The average molecular weight is 351 g/mol. The molecule has 1 fully saturated rings. The summed E-state index contributed by atoms with van der Waals surface area (Å²) in [5.74, 6) is 0. The quantitative estimate of drug-likeness (QED) is 0.849. The Labute approximate surface area is 141 Å². The normalized spacial score (nSPS) is 17.5. The summed E-state index contributed by atoms with van der Waals surface area (Å²) in [6.45, 7) is 7.52. The van der Waals surface area contributed by atoms with Gasteiger partial charge in [-0.3, -0.25) is 0 Å². The first-order chi connectivity index (χ1) is 11.0. The largest absolute Gasteiger partial charge is 0.301 e. The van der Waals surface area contributed by atoms with E-state index in [9.17, 15) is 8.42 Å². The van der Waals surface area contributed by atoms with Crippen molar-refractivity contribution in [3.63, 3.8) is 0 Å². The molecule has 0 amide bonds. The number of rotatable bonds is 4. The molecule has 1 saturated heterocycles. The molecule has 0 unspecified atom stereocenters. The first-order valence-electron chi connectivity index (χ1n) is 7.77. The van der Waals surface area contributed by atoms with Gasteiger partial charge in [0, 0.05) is 26.2 Å². The molecular weight excluding hydrogens is 330 g/mol. The molecule has 0 aliphatic carbocycles. The van der Waals surface area contributed by atoms with Gasteiger partial charge < -0.3 is 4.90 Å². The summed E-state index contributed by atoms with van der Waals surface area (Å²) in [5, 5.41) is 0.978. The van der Waals surface area contributed by atoms with Gasteiger partial charge in [0.05, 0.1) is 9.88 Å². The van der Waals surface area contributed by atoms with Crippen molar-refractivity contribution in [3.05, 3.63) is 35.3 Å². The Kier molecular flexibility index (Phi) is 4.82. The lowest BCUT2D eigenvalue weighted by molar-refractivity contribution is 0.196. The van der Waals surface area contributed by atoms with Crippen molar-refractivity contribution in [2.75, 3.05) is 32.7 Å². The fraction of sp³-hybridized carbons (Fsp3) is 0.438. The Balaban J connectivity index is 1.95. The molecule has 0 spiro atoms. The molecule has 1 aromatic heterocycles. The van der Waals surface area contributed by atoms with Crippen LogP contribution in [0.5, 0.6) is 0 Å². The second kappa shape index (κ2) is 6.68. The second-order valence-corrected chi connectivity index (χ2v) is 8.63. The van der Waals surface area contributed by atoms with Crippen molar-refractivity contribution < 1.29 is 8.42 Å². The van der Waals surface area contributed by atoms with Crippen LogP contribution in [0.3, 0.4) is 0 Å². The van der Waals surface area contributed by atoms with Gasteiger partial charge in [-0.05, 0) is 19.0 Å². The molecule has 1 aromatic carbocycles. The minimum atomic E-state index is -3.55. The SMILES string of the molecule is CCN1CCN(S(=O)(=O)c2nc(C)sc2-c2ccccc2)CC1. The van der Waals surface area contributed by atoms with E-state index in [0.717, 1.165) is 35.1 Å². The van der Waals surface area contributed by atoms with E-state index in [1.54, 1.807) is 4.31 Å². The molecule has 2 aromatic rings. The van der Waals surface area contributed by atoms with Crippen LogP contribution in [0.4, 0.5) is 0 Å². The standard InChI is InChI=1S/C16H21N3O2S2/c1-3-18-9-11-19(12-10-18)23(20,21)16-15(22-13(2)17-16)14-7-5-4-6-8-14/h4-8H,3,9-12H2,1-2H3. The molecule has 0 atom stereocenters. The van der Waals surface area contributed by atoms with Crippen molar-refractivity contribution >= 4 is 21.4 Å². The Morgan fingerprint density at radius 3 is 2.39 bits per heavy atom. The lowest BCUT2D eigenvalue weighted by Gasteiger charge is -2.32. The summed E-state index contributed by atoms with van der Waals surface area (Å²) in [5.41, 5.74) is 0.906. The zero-order valence-corrected chi connectivity index (χ0v) is 15.0. The number of piperazine rings is 1. The summed E-state index contributed by atoms with van der Waals surface area (Å²) < 4.78 is 27.7. The first-order valence-corrected chi connectivity index (χ1v) is 10.0. The zero-order chi connectivity index (χ0) is 16.4. The molecule has 7 heteroatoms. The number of thiazole rings is 1. The molecule has 3 rings (SSSR count). The Hall–Kier alpha value is -1.28. The molecule has 0 bridgehead atoms. The van der Waals surface area contributed by atoms with Crippen molar-refractivity contribution in [1.29, 1.82) is 0 Å². The number of nitrogens with zero attached hydrogens (tertiary/aromatic N) is 3. The zero-order valence-electron chi connectivity index (χ0n) is 13.4. The van der Waals surface area contributed by atoms with E-state index < -0.39 is 10.0 Å². The van der Waals surface area contributed by atoms with Gasteiger partial charge in [0.1, 0.15) is 0 Å². The summed E-state index contributed by atoms with van der Waals surface area (Å²) in [4.78, 5) is 7.35. The van der Waals surface area contributed by atoms with Gasteiger partial charge in [-0.2, -0.15) is 4.31 Å². The predicted molar refractivity (Wildman–Crippen MR) is 93.2 cm³/mol. The summed E-state index contributed by atoms with van der Waals surface area (Å²) in [7, 11) is -3.55. The van der Waals surface area contributed by atoms with Gasteiger partial charge in [-0.25, -0.2) is 13.4 Å². The maximum Gasteiger partial charge on any atom is 0.262 e. The number of benzene rings is 1. The topological polar surface area (TPSA) is 53.5 Å². The third-order valence-corrected chi connectivity index (χ3v) is 7.08. The van der Waals surface area contributed by atoms with Crippen LogP contribution in [0.15, 0.2) is 35.4 Å². The van der Waals surface area contributed by atoms with Gasteiger partial charge >= 0.3 is 0 Å². The molecule has 0 N–H and O–H groups in total. The van der Waals surface area contributed by atoms with Gasteiger partial charge in [0.2, 0.25) is 0 Å². The average Bonchev–Trinajstić information content (AvgIpc) is 2.98. The maximum absolute atomic E-state index is 13.0. The molecule has 0 saturated carbocycles. The number of hydrogen-bond acceptors (Lipinski definition) is 5. The van der Waals surface area contributed by atoms with Gasteiger partial charge in [-0.1, -0.05) is 37.3 Å². The number of sulfonamides is 1. The van der Waals surface area contributed by atoms with E-state index >= 15 is 0 Å². The molecular formula is C16H21N3O2S2. The molecule has 5 nitrogen and oxygen atoms in total. The van der Waals surface area contributed by atoms with E-state index in [1.165, 1.54) is 11.3 Å². The molecule has 0 radical (unpaired) electrons. The van der Waals surface area contributed by atoms with Crippen LogP contribution in [0.1, 0.15) is 11.9 Å². The van der Waals surface area contributed by atoms with Crippen molar-refractivity contribution in [3.8, 4) is 10.4 Å². The Morgan fingerprint density at radius 1 is 1.13 bits per heavy atom. The predicted octanol–water partition coefficient (Wildman–Crippen LogP) is 2.44. The second-order valence-electron chi connectivity index (χ2n) is 5.57. The summed E-state index contributed by atoms with van der Waals surface area (Å²) in [6.07, 6.45) is 0. The number of aryl methyl sites for hydroxylation is 1. The minimum Gasteiger partial charge on any atom is -0.301 e. The number of hydrogen-bond donors (Lipinski definition) is 0. The first kappa shape index (κ1) is 16.6. The van der Waals surface area contributed by atoms with Crippen LogP contribution in [0.25, 0.3) is 10.4 Å². The fourth-order valence-electron chi connectivity index (χ4n) is 2.76. The molecule has 1 aliphatic heterocycles. The monoisotopic (exact) mass is 351 g/mol. The fourth-order valence-corrected chi connectivity index (χ4v) is 5.57. The van der Waals surface area contributed by atoms with E-state index in [-0.39, 0.29) is 5.03 Å². The van der Waals surface area contributed by atoms with Crippen LogP contribution in [-0.2, 0) is 10.0 Å². The highest BCUT2D eigenvalue weighted by atomic mass is 32.2. The third-order valence-electron chi connectivity index (χ3n) is 4.10. The van der Waals surface area contributed by atoms with Crippen LogP contribution >= 0.6 is 11.3 Å². The van der Waals surface area contributed by atoms with E-state index in [4.69, 9.17) is 0 Å². The van der Waals surface area contributed by atoms with E-state index in [2.05, 4.69) is 16.8 Å².